The van der Waals surface area contributed by atoms with Gasteiger partial charge in [0.1, 0.15) is 36.3 Å². The molecule has 0 fully saturated rings. The third kappa shape index (κ3) is 8.68. The number of hydrogen-bond donors (Lipinski definition) is 5. The first kappa shape index (κ1) is 28.3. The Balaban J connectivity index is 2.54. The maximum atomic E-state index is 12.1. The van der Waals surface area contributed by atoms with E-state index in [1.165, 1.54) is 13.0 Å². The van der Waals surface area contributed by atoms with Crippen molar-refractivity contribution in [1.29, 1.82) is 0 Å². The minimum atomic E-state index is -2.12. The van der Waals surface area contributed by atoms with E-state index in [2.05, 4.69) is 11.7 Å². The zero-order valence-corrected chi connectivity index (χ0v) is 18.6. The predicted octanol–water partition coefficient (Wildman–Crippen LogP) is -0.576. The van der Waals surface area contributed by atoms with Crippen LogP contribution in [-0.2, 0) is 23.9 Å². The number of carbonyl (C=O) groups excluding carboxylic acids is 3. The zero-order chi connectivity index (χ0) is 24.3. The fourth-order valence-electron chi connectivity index (χ4n) is 3.39. The fourth-order valence-corrected chi connectivity index (χ4v) is 3.39. The number of hydrogen-bond acceptors (Lipinski definition) is 10. The lowest BCUT2D eigenvalue weighted by Crippen LogP contribution is -2.52. The molecule has 32 heavy (non-hydrogen) atoms. The summed E-state index contributed by atoms with van der Waals surface area (Å²) in [5, 5.41) is 49.7. The van der Waals surface area contributed by atoms with Gasteiger partial charge in [-0.05, 0) is 25.8 Å². The average molecular weight is 461 g/mol. The molecule has 0 spiro atoms. The van der Waals surface area contributed by atoms with E-state index >= 15 is 0 Å². The molecule has 1 rings (SSSR count). The van der Waals surface area contributed by atoms with Crippen molar-refractivity contribution in [2.24, 2.45) is 5.92 Å². The van der Waals surface area contributed by atoms with Crippen molar-refractivity contribution in [3.63, 3.8) is 0 Å². The molecule has 0 aliphatic heterocycles. The lowest BCUT2D eigenvalue weighted by atomic mass is 9.96. The summed E-state index contributed by atoms with van der Waals surface area (Å²) in [4.78, 5) is 35.5. The van der Waals surface area contributed by atoms with Crippen molar-refractivity contribution in [3.05, 3.63) is 12.2 Å². The molecule has 0 aromatic carbocycles. The molecule has 184 valence electrons. The molecular weight excluding hydrogens is 424 g/mol. The van der Waals surface area contributed by atoms with E-state index in [0.29, 0.717) is 19.3 Å². The number of unbranched alkanes of at least 4 members (excludes halogenated alkanes) is 2. The maximum absolute atomic E-state index is 12.1. The van der Waals surface area contributed by atoms with Gasteiger partial charge in [0.15, 0.2) is 11.9 Å². The molecular formula is C22H36O10. The molecule has 10 heteroatoms. The highest BCUT2D eigenvalue weighted by molar-refractivity contribution is 5.96. The molecule has 0 saturated heterocycles. The summed E-state index contributed by atoms with van der Waals surface area (Å²) in [6, 6.07) is 0. The summed E-state index contributed by atoms with van der Waals surface area (Å²) in [5.74, 6) is -1.78. The third-order valence-corrected chi connectivity index (χ3v) is 5.38. The summed E-state index contributed by atoms with van der Waals surface area (Å²) in [6.45, 7) is 2.92. The second-order valence-electron chi connectivity index (χ2n) is 7.95. The van der Waals surface area contributed by atoms with Crippen LogP contribution in [0.1, 0.15) is 52.4 Å². The van der Waals surface area contributed by atoms with Gasteiger partial charge >= 0.3 is 5.97 Å². The van der Waals surface area contributed by atoms with Crippen LogP contribution in [0.5, 0.6) is 0 Å². The normalized spacial score (nSPS) is 22.9. The van der Waals surface area contributed by atoms with Crippen LogP contribution in [0.3, 0.4) is 0 Å². The molecule has 0 radical (unpaired) electrons. The number of carbonyl (C=O) groups is 3. The molecule has 10 nitrogen and oxygen atoms in total. The average Bonchev–Trinajstić information content (AvgIpc) is 3.13. The summed E-state index contributed by atoms with van der Waals surface area (Å²) in [5.41, 5.74) is 0. The number of rotatable bonds is 16. The topological polar surface area (TPSA) is 171 Å². The molecule has 5 unspecified atom stereocenters. The van der Waals surface area contributed by atoms with Crippen molar-refractivity contribution < 1.29 is 49.4 Å². The summed E-state index contributed by atoms with van der Waals surface area (Å²) < 4.78 is 9.96. The van der Waals surface area contributed by atoms with Gasteiger partial charge in [-0.25, -0.2) is 4.79 Å². The zero-order valence-electron chi connectivity index (χ0n) is 18.6. The Hall–Kier alpha value is -1.69. The molecule has 1 aliphatic carbocycles. The van der Waals surface area contributed by atoms with E-state index in [1.54, 1.807) is 6.08 Å². The smallest absolute Gasteiger partial charge is 0.337 e. The number of aliphatic hydroxyl groups is 5. The van der Waals surface area contributed by atoms with Gasteiger partial charge in [-0.1, -0.05) is 25.8 Å². The van der Waals surface area contributed by atoms with Crippen molar-refractivity contribution in [2.45, 2.75) is 89.0 Å². The molecule has 0 aromatic heterocycles. The number of aliphatic hydroxyl groups excluding tert-OH is 5. The molecule has 0 saturated carbocycles. The van der Waals surface area contributed by atoms with Crippen LogP contribution < -0.4 is 0 Å². The number of esters is 1. The van der Waals surface area contributed by atoms with E-state index in [9.17, 15) is 39.9 Å². The van der Waals surface area contributed by atoms with Gasteiger partial charge in [-0.3, -0.25) is 9.59 Å². The molecule has 0 aromatic rings. The number of Topliss-reactive ketones (excluding diaryl/α,β-unsaturated/α-hetero) is 1. The van der Waals surface area contributed by atoms with Crippen molar-refractivity contribution in [3.8, 4) is 0 Å². The Kier molecular flexibility index (Phi) is 12.8. The molecule has 1 aliphatic rings. The largest absolute Gasteiger partial charge is 0.464 e. The van der Waals surface area contributed by atoms with Crippen LogP contribution >= 0.6 is 0 Å². The Morgan fingerprint density at radius 2 is 1.69 bits per heavy atom. The van der Waals surface area contributed by atoms with E-state index < -0.39 is 49.2 Å². The summed E-state index contributed by atoms with van der Waals surface area (Å²) >= 11 is 0. The predicted molar refractivity (Wildman–Crippen MR) is 112 cm³/mol. The quantitative estimate of drug-likeness (QED) is 0.148. The van der Waals surface area contributed by atoms with Gasteiger partial charge < -0.3 is 35.0 Å². The molecule has 5 N–H and O–H groups in total. The van der Waals surface area contributed by atoms with Crippen molar-refractivity contribution in [2.75, 3.05) is 13.2 Å². The van der Waals surface area contributed by atoms with Gasteiger partial charge in [-0.2, -0.15) is 0 Å². The van der Waals surface area contributed by atoms with Gasteiger partial charge in [0.05, 0.1) is 13.2 Å². The Morgan fingerprint density at radius 1 is 1.00 bits per heavy atom. The molecule has 0 amide bonds. The Bertz CT molecular complexity index is 634. The third-order valence-electron chi connectivity index (χ3n) is 5.38. The van der Waals surface area contributed by atoms with Gasteiger partial charge in [0, 0.05) is 18.8 Å². The Morgan fingerprint density at radius 3 is 2.31 bits per heavy atom. The van der Waals surface area contributed by atoms with E-state index in [4.69, 9.17) is 4.74 Å². The van der Waals surface area contributed by atoms with Crippen LogP contribution in [0.25, 0.3) is 0 Å². The highest BCUT2D eigenvalue weighted by atomic mass is 16.5. The van der Waals surface area contributed by atoms with E-state index in [0.717, 1.165) is 19.3 Å². The minimum absolute atomic E-state index is 0.0628. The van der Waals surface area contributed by atoms with Crippen LogP contribution in [0.4, 0.5) is 0 Å². The first-order valence-electron chi connectivity index (χ1n) is 11.1. The fraction of sp³-hybridized carbons (Fsp3) is 0.773. The van der Waals surface area contributed by atoms with E-state index in [1.807, 2.05) is 0 Å². The van der Waals surface area contributed by atoms with Gasteiger partial charge in [0.2, 0.25) is 0 Å². The van der Waals surface area contributed by atoms with Crippen LogP contribution in [0.15, 0.2) is 12.2 Å². The van der Waals surface area contributed by atoms with Gasteiger partial charge in [-0.15, -0.1) is 0 Å². The van der Waals surface area contributed by atoms with Crippen LogP contribution in [0.2, 0.25) is 0 Å². The summed E-state index contributed by atoms with van der Waals surface area (Å²) in [7, 11) is 0. The minimum Gasteiger partial charge on any atom is -0.464 e. The Labute approximate surface area is 187 Å². The standard InChI is InChI=1S/C22H36O10/c1-3-5-6-7-14(23)10-8-13-9-11-15(24)21(13)32-12-16(25)17(26)18(27)19(28)20(29)22(30)31-4-2/h9,11,13,16-21,25-29H,3-8,10,12H2,1-2H3/t13-,16?,17?,18?,19?,20?,21-/m0/s1. The lowest BCUT2D eigenvalue weighted by Gasteiger charge is -2.29. The van der Waals surface area contributed by atoms with Crippen molar-refractivity contribution in [1.82, 2.24) is 0 Å². The highest BCUT2D eigenvalue weighted by Crippen LogP contribution is 2.25. The van der Waals surface area contributed by atoms with E-state index in [-0.39, 0.29) is 24.1 Å². The van der Waals surface area contributed by atoms with Crippen LogP contribution in [-0.4, -0.2) is 92.9 Å². The second kappa shape index (κ2) is 14.5. The van der Waals surface area contributed by atoms with Crippen LogP contribution in [0, 0.1) is 5.92 Å². The summed E-state index contributed by atoms with van der Waals surface area (Å²) in [6.07, 6.45) is -3.93. The first-order valence-corrected chi connectivity index (χ1v) is 11.1. The number of ether oxygens (including phenoxy) is 2. The molecule has 7 atom stereocenters. The molecule has 0 bridgehead atoms. The van der Waals surface area contributed by atoms with Crippen molar-refractivity contribution >= 4 is 17.5 Å². The SMILES string of the molecule is CCCCCC(=O)CC[C@H]1C=CC(=O)[C@H]1OCC(O)C(O)C(O)C(O)C(O)C(=O)OCC. The maximum Gasteiger partial charge on any atom is 0.337 e. The lowest BCUT2D eigenvalue weighted by molar-refractivity contribution is -0.176. The van der Waals surface area contributed by atoms with Gasteiger partial charge in [0.25, 0.3) is 0 Å². The highest BCUT2D eigenvalue weighted by Gasteiger charge is 2.39. The number of ketones is 2. The molecule has 0 heterocycles. The second-order valence-corrected chi connectivity index (χ2v) is 7.95. The monoisotopic (exact) mass is 460 g/mol. The first-order chi connectivity index (χ1) is 15.1.